The molecule has 6 nitrogen and oxygen atoms in total. The molecule has 0 unspecified atom stereocenters. The van der Waals surface area contributed by atoms with Crippen molar-refractivity contribution in [2.75, 3.05) is 46.8 Å². The predicted octanol–water partition coefficient (Wildman–Crippen LogP) is 1.03. The van der Waals surface area contributed by atoms with Gasteiger partial charge in [0, 0.05) is 58.0 Å². The molecule has 24 heavy (non-hydrogen) atoms. The second-order valence-corrected chi connectivity index (χ2v) is 6.53. The first-order chi connectivity index (χ1) is 11.6. The SMILES string of the molecule is CN(C)CCC(=O)N1CCN(C(=O)CCCc2cccnc2)CC1. The number of piperazine rings is 1. The molecule has 1 saturated heterocycles. The summed E-state index contributed by atoms with van der Waals surface area (Å²) in [6.07, 6.45) is 6.43. The number of aryl methyl sites for hydroxylation is 1. The van der Waals surface area contributed by atoms with Crippen molar-refractivity contribution in [3.8, 4) is 0 Å². The average molecular weight is 332 g/mol. The van der Waals surface area contributed by atoms with Gasteiger partial charge >= 0.3 is 0 Å². The Bertz CT molecular complexity index is 525. The Morgan fingerprint density at radius 3 is 2.25 bits per heavy atom. The molecule has 1 fully saturated rings. The van der Waals surface area contributed by atoms with Crippen LogP contribution in [0.25, 0.3) is 0 Å². The van der Waals surface area contributed by atoms with Crippen LogP contribution in [0.5, 0.6) is 0 Å². The van der Waals surface area contributed by atoms with E-state index in [1.165, 1.54) is 5.56 Å². The highest BCUT2D eigenvalue weighted by Crippen LogP contribution is 2.09. The molecule has 0 radical (unpaired) electrons. The molecule has 2 rings (SSSR count). The summed E-state index contributed by atoms with van der Waals surface area (Å²) in [6.45, 7) is 3.38. The normalized spacial score (nSPS) is 15.0. The van der Waals surface area contributed by atoms with Gasteiger partial charge in [0.2, 0.25) is 11.8 Å². The zero-order valence-electron chi connectivity index (χ0n) is 14.8. The molecule has 2 heterocycles. The van der Waals surface area contributed by atoms with Gasteiger partial charge in [-0.05, 0) is 38.6 Å². The molecule has 0 aliphatic carbocycles. The number of carbonyl (C=O) groups is 2. The van der Waals surface area contributed by atoms with Crippen molar-refractivity contribution in [2.24, 2.45) is 0 Å². The molecule has 1 aliphatic rings. The van der Waals surface area contributed by atoms with Gasteiger partial charge in [-0.1, -0.05) is 6.07 Å². The van der Waals surface area contributed by atoms with E-state index in [9.17, 15) is 9.59 Å². The molecule has 6 heteroatoms. The molecule has 132 valence electrons. The van der Waals surface area contributed by atoms with E-state index < -0.39 is 0 Å². The number of hydrogen-bond acceptors (Lipinski definition) is 4. The highest BCUT2D eigenvalue weighted by atomic mass is 16.2. The number of hydrogen-bond donors (Lipinski definition) is 0. The fraction of sp³-hybridized carbons (Fsp3) is 0.611. The number of aromatic nitrogens is 1. The Morgan fingerprint density at radius 2 is 1.71 bits per heavy atom. The van der Waals surface area contributed by atoms with Gasteiger partial charge in [-0.3, -0.25) is 14.6 Å². The smallest absolute Gasteiger partial charge is 0.223 e. The van der Waals surface area contributed by atoms with Crippen molar-refractivity contribution >= 4 is 11.8 Å². The topological polar surface area (TPSA) is 56.8 Å². The second-order valence-electron chi connectivity index (χ2n) is 6.53. The van der Waals surface area contributed by atoms with Crippen molar-refractivity contribution in [1.29, 1.82) is 0 Å². The zero-order valence-corrected chi connectivity index (χ0v) is 14.8. The molecule has 2 amide bonds. The van der Waals surface area contributed by atoms with Crippen LogP contribution in [0.3, 0.4) is 0 Å². The van der Waals surface area contributed by atoms with Crippen LogP contribution in [0.2, 0.25) is 0 Å². The Hall–Kier alpha value is -1.95. The summed E-state index contributed by atoms with van der Waals surface area (Å²) in [5.74, 6) is 0.381. The zero-order chi connectivity index (χ0) is 17.4. The molecular formula is C18H28N4O2. The van der Waals surface area contributed by atoms with Crippen LogP contribution in [0.4, 0.5) is 0 Å². The summed E-state index contributed by atoms with van der Waals surface area (Å²) in [5.41, 5.74) is 1.17. The van der Waals surface area contributed by atoms with Gasteiger partial charge in [-0.25, -0.2) is 0 Å². The summed E-state index contributed by atoms with van der Waals surface area (Å²) < 4.78 is 0. The maximum Gasteiger partial charge on any atom is 0.223 e. The number of nitrogens with zero attached hydrogens (tertiary/aromatic N) is 4. The highest BCUT2D eigenvalue weighted by Gasteiger charge is 2.23. The molecule has 0 N–H and O–H groups in total. The van der Waals surface area contributed by atoms with Gasteiger partial charge in [0.15, 0.2) is 0 Å². The van der Waals surface area contributed by atoms with Crippen molar-refractivity contribution in [3.05, 3.63) is 30.1 Å². The van der Waals surface area contributed by atoms with E-state index in [1.54, 1.807) is 6.20 Å². The first-order valence-electron chi connectivity index (χ1n) is 8.65. The van der Waals surface area contributed by atoms with E-state index in [0.717, 1.165) is 19.4 Å². The minimum absolute atomic E-state index is 0.187. The third-order valence-electron chi connectivity index (χ3n) is 4.34. The fourth-order valence-electron chi connectivity index (χ4n) is 2.83. The first-order valence-corrected chi connectivity index (χ1v) is 8.65. The number of pyridine rings is 1. The van der Waals surface area contributed by atoms with Gasteiger partial charge in [0.05, 0.1) is 0 Å². The number of carbonyl (C=O) groups excluding carboxylic acids is 2. The molecule has 0 saturated carbocycles. The van der Waals surface area contributed by atoms with Crippen LogP contribution < -0.4 is 0 Å². The van der Waals surface area contributed by atoms with E-state index in [-0.39, 0.29) is 11.8 Å². The predicted molar refractivity (Wildman–Crippen MR) is 93.5 cm³/mol. The summed E-state index contributed by atoms with van der Waals surface area (Å²) in [5, 5.41) is 0. The quantitative estimate of drug-likeness (QED) is 0.748. The van der Waals surface area contributed by atoms with Crippen LogP contribution in [-0.2, 0) is 16.0 Å². The van der Waals surface area contributed by atoms with Crippen molar-refractivity contribution < 1.29 is 9.59 Å². The van der Waals surface area contributed by atoms with Crippen LogP contribution in [0.1, 0.15) is 24.8 Å². The average Bonchev–Trinajstić information content (AvgIpc) is 2.60. The molecule has 1 aromatic heterocycles. The summed E-state index contributed by atoms with van der Waals surface area (Å²) in [6, 6.07) is 3.96. The number of amides is 2. The Kier molecular flexibility index (Phi) is 7.18. The van der Waals surface area contributed by atoms with E-state index >= 15 is 0 Å². The molecule has 0 atom stereocenters. The highest BCUT2D eigenvalue weighted by molar-refractivity contribution is 5.78. The van der Waals surface area contributed by atoms with Gasteiger partial charge in [0.25, 0.3) is 0 Å². The molecule has 0 aromatic carbocycles. The van der Waals surface area contributed by atoms with Crippen molar-refractivity contribution in [3.63, 3.8) is 0 Å². The van der Waals surface area contributed by atoms with Crippen LogP contribution in [0, 0.1) is 0 Å². The van der Waals surface area contributed by atoms with Crippen molar-refractivity contribution in [2.45, 2.75) is 25.7 Å². The lowest BCUT2D eigenvalue weighted by Crippen LogP contribution is -2.50. The molecule has 0 spiro atoms. The molecule has 0 bridgehead atoms. The summed E-state index contributed by atoms with van der Waals surface area (Å²) in [4.78, 5) is 34.2. The largest absolute Gasteiger partial charge is 0.339 e. The molecule has 1 aromatic rings. The summed E-state index contributed by atoms with van der Waals surface area (Å²) >= 11 is 0. The minimum Gasteiger partial charge on any atom is -0.339 e. The summed E-state index contributed by atoms with van der Waals surface area (Å²) in [7, 11) is 3.94. The lowest BCUT2D eigenvalue weighted by atomic mass is 10.1. The third kappa shape index (κ3) is 5.92. The number of rotatable bonds is 7. The molecular weight excluding hydrogens is 304 g/mol. The lowest BCUT2D eigenvalue weighted by molar-refractivity contribution is -0.139. The van der Waals surface area contributed by atoms with Crippen LogP contribution in [-0.4, -0.2) is 78.3 Å². The Morgan fingerprint density at radius 1 is 1.08 bits per heavy atom. The van der Waals surface area contributed by atoms with Gasteiger partial charge < -0.3 is 14.7 Å². The Balaban J connectivity index is 1.66. The van der Waals surface area contributed by atoms with E-state index in [0.29, 0.717) is 39.0 Å². The Labute approximate surface area is 144 Å². The van der Waals surface area contributed by atoms with E-state index in [2.05, 4.69) is 4.98 Å². The van der Waals surface area contributed by atoms with Crippen molar-refractivity contribution in [1.82, 2.24) is 19.7 Å². The first kappa shape index (κ1) is 18.4. The fourth-order valence-corrected chi connectivity index (χ4v) is 2.83. The monoisotopic (exact) mass is 332 g/mol. The van der Waals surface area contributed by atoms with Crippen LogP contribution >= 0.6 is 0 Å². The van der Waals surface area contributed by atoms with Gasteiger partial charge in [-0.15, -0.1) is 0 Å². The third-order valence-corrected chi connectivity index (χ3v) is 4.34. The molecule has 1 aliphatic heterocycles. The lowest BCUT2D eigenvalue weighted by Gasteiger charge is -2.35. The maximum atomic E-state index is 12.3. The van der Waals surface area contributed by atoms with Gasteiger partial charge in [0.1, 0.15) is 0 Å². The standard InChI is InChI=1S/C18H28N4O2/c1-20(2)10-8-18(24)22-13-11-21(12-14-22)17(23)7-3-5-16-6-4-9-19-15-16/h4,6,9,15H,3,5,7-8,10-14H2,1-2H3. The minimum atomic E-state index is 0.187. The maximum absolute atomic E-state index is 12.3. The van der Waals surface area contributed by atoms with Gasteiger partial charge in [-0.2, -0.15) is 0 Å². The second kappa shape index (κ2) is 9.37. The van der Waals surface area contributed by atoms with E-state index in [4.69, 9.17) is 0 Å². The van der Waals surface area contributed by atoms with E-state index in [1.807, 2.05) is 47.1 Å². The van der Waals surface area contributed by atoms with Crippen LogP contribution in [0.15, 0.2) is 24.5 Å².